The zero-order chi connectivity index (χ0) is 79.7. The summed E-state index contributed by atoms with van der Waals surface area (Å²) in [7, 11) is -9.93. The van der Waals surface area contributed by atoms with Gasteiger partial charge in [0.05, 0.1) is 26.4 Å². The van der Waals surface area contributed by atoms with Gasteiger partial charge in [0.25, 0.3) is 0 Å². The smallest absolute Gasteiger partial charge is 0.462 e. The van der Waals surface area contributed by atoms with Crippen molar-refractivity contribution in [3.05, 3.63) is 0 Å². The Morgan fingerprint density at radius 2 is 0.422 bits per heavy atom. The van der Waals surface area contributed by atoms with E-state index in [1.54, 1.807) is 0 Å². The van der Waals surface area contributed by atoms with E-state index in [4.69, 9.17) is 37.0 Å². The molecule has 0 aliphatic rings. The Morgan fingerprint density at radius 3 is 0.624 bits per heavy atom. The molecule has 0 aromatic rings. The van der Waals surface area contributed by atoms with E-state index in [1.165, 1.54) is 315 Å². The van der Waals surface area contributed by atoms with E-state index in [-0.39, 0.29) is 25.7 Å². The molecule has 0 aromatic carbocycles. The average Bonchev–Trinajstić information content (AvgIpc) is 0.901. The summed E-state index contributed by atoms with van der Waals surface area (Å²) in [6, 6.07) is 0. The number of carbonyl (C=O) groups is 4. The first-order valence-corrected chi connectivity index (χ1v) is 49.6. The average molecular weight is 1590 g/mol. The highest BCUT2D eigenvalue weighted by Gasteiger charge is 2.31. The molecule has 5 atom stereocenters. The van der Waals surface area contributed by atoms with Gasteiger partial charge in [-0.15, -0.1) is 0 Å². The fourth-order valence-electron chi connectivity index (χ4n) is 14.2. The molecule has 2 unspecified atom stereocenters. The standard InChI is InChI=1S/C90H176O17P2/c1-6-9-12-15-18-21-24-27-30-32-34-36-38-40-43-45-48-53-58-63-68-73-87(92)100-79-85(106-90(95)76-71-66-61-55-50-47-44-41-39-37-35-33-31-28-25-22-19-16-13-10-7-2)81-104-108(96,97)102-77-84(91)78-103-109(98,99)105-82-86(80-101-88(93)74-69-64-59-56-51-52-57-62-67-72-83(4)5)107-89(94)75-70-65-60-54-49-46-42-29-26-23-20-17-14-11-8-3/h83-86,91H,6-82H2,1-5H3,(H,96,97)(H,98,99)/t84-,85-,86-/m1/s1. The molecule has 0 rings (SSSR count). The molecule has 0 aliphatic heterocycles. The Bertz CT molecular complexity index is 2070. The number of esters is 4. The normalized spacial score (nSPS) is 13.7. The third-order valence-electron chi connectivity index (χ3n) is 21.3. The monoisotopic (exact) mass is 1590 g/mol. The van der Waals surface area contributed by atoms with Gasteiger partial charge in [-0.3, -0.25) is 37.3 Å². The molecule has 0 amide bonds. The molecule has 0 fully saturated rings. The third-order valence-corrected chi connectivity index (χ3v) is 23.2. The lowest BCUT2D eigenvalue weighted by molar-refractivity contribution is -0.161. The van der Waals surface area contributed by atoms with Crippen molar-refractivity contribution in [2.24, 2.45) is 5.92 Å². The Morgan fingerprint density at radius 1 is 0.248 bits per heavy atom. The van der Waals surface area contributed by atoms with Crippen molar-refractivity contribution >= 4 is 39.5 Å². The van der Waals surface area contributed by atoms with Crippen LogP contribution in [-0.4, -0.2) is 96.7 Å². The largest absolute Gasteiger partial charge is 0.472 e. The van der Waals surface area contributed by atoms with Crippen LogP contribution < -0.4 is 0 Å². The van der Waals surface area contributed by atoms with Crippen LogP contribution in [0.3, 0.4) is 0 Å². The molecule has 0 saturated carbocycles. The van der Waals surface area contributed by atoms with Crippen molar-refractivity contribution in [2.75, 3.05) is 39.6 Å². The molecule has 0 heterocycles. The topological polar surface area (TPSA) is 237 Å². The summed E-state index contributed by atoms with van der Waals surface area (Å²) in [6.07, 6.45) is 77.9. The lowest BCUT2D eigenvalue weighted by atomic mass is 10.0. The Hall–Kier alpha value is -1.94. The number of hydrogen-bond donors (Lipinski definition) is 3. The minimum Gasteiger partial charge on any atom is -0.462 e. The SMILES string of the molecule is CCCCCCCCCCCCCCCCCCCCCCCC(=O)OC[C@H](COP(=O)(O)OC[C@@H](O)COP(=O)(O)OC[C@@H](COC(=O)CCCCCCCCCCCC(C)C)OC(=O)CCCCCCCCCCCCCCCCC)OC(=O)CCCCCCCCCCCCCCCCCCCCCCC. The maximum absolute atomic E-state index is 13.2. The van der Waals surface area contributed by atoms with Gasteiger partial charge in [-0.05, 0) is 31.6 Å². The lowest BCUT2D eigenvalue weighted by Gasteiger charge is -2.21. The summed E-state index contributed by atoms with van der Waals surface area (Å²) >= 11 is 0. The van der Waals surface area contributed by atoms with E-state index >= 15 is 0 Å². The van der Waals surface area contributed by atoms with Crippen LogP contribution in [0.2, 0.25) is 0 Å². The molecule has 0 saturated heterocycles. The number of aliphatic hydroxyl groups is 1. The van der Waals surface area contributed by atoms with Crippen LogP contribution in [0.5, 0.6) is 0 Å². The summed E-state index contributed by atoms with van der Waals surface area (Å²) in [5.41, 5.74) is 0. The maximum Gasteiger partial charge on any atom is 0.472 e. The summed E-state index contributed by atoms with van der Waals surface area (Å²) < 4.78 is 69.0. The second-order valence-electron chi connectivity index (χ2n) is 32.8. The van der Waals surface area contributed by atoms with Crippen molar-refractivity contribution in [3.63, 3.8) is 0 Å². The fourth-order valence-corrected chi connectivity index (χ4v) is 15.8. The van der Waals surface area contributed by atoms with Crippen molar-refractivity contribution in [3.8, 4) is 0 Å². The zero-order valence-corrected chi connectivity index (χ0v) is 73.5. The number of phosphoric acid groups is 2. The van der Waals surface area contributed by atoms with Gasteiger partial charge in [-0.1, -0.05) is 439 Å². The maximum atomic E-state index is 13.2. The van der Waals surface area contributed by atoms with E-state index in [9.17, 15) is 43.2 Å². The second kappa shape index (κ2) is 82.6. The molecular weight excluding hydrogens is 1410 g/mol. The molecule has 0 aliphatic carbocycles. The van der Waals surface area contributed by atoms with Crippen molar-refractivity contribution in [2.45, 2.75) is 509 Å². The van der Waals surface area contributed by atoms with Crippen LogP contribution in [0.4, 0.5) is 0 Å². The highest BCUT2D eigenvalue weighted by atomic mass is 31.2. The van der Waals surface area contributed by atoms with Gasteiger partial charge in [-0.25, -0.2) is 9.13 Å². The molecule has 0 spiro atoms. The van der Waals surface area contributed by atoms with Crippen LogP contribution in [0.25, 0.3) is 0 Å². The first-order chi connectivity index (χ1) is 53.0. The fraction of sp³-hybridized carbons (Fsp3) is 0.956. The molecule has 17 nitrogen and oxygen atoms in total. The molecule has 0 bridgehead atoms. The lowest BCUT2D eigenvalue weighted by Crippen LogP contribution is -2.30. The van der Waals surface area contributed by atoms with Crippen LogP contribution in [0.15, 0.2) is 0 Å². The zero-order valence-electron chi connectivity index (χ0n) is 71.7. The Balaban J connectivity index is 5.23. The number of carbonyl (C=O) groups excluding carboxylic acids is 4. The van der Waals surface area contributed by atoms with Crippen molar-refractivity contribution in [1.82, 2.24) is 0 Å². The van der Waals surface area contributed by atoms with Gasteiger partial charge in [0.2, 0.25) is 0 Å². The number of unbranched alkanes of at least 4 members (excludes halogenated alkanes) is 62. The molecular formula is C90H176O17P2. The van der Waals surface area contributed by atoms with Crippen LogP contribution in [0.1, 0.15) is 490 Å². The van der Waals surface area contributed by atoms with Gasteiger partial charge in [0, 0.05) is 25.7 Å². The van der Waals surface area contributed by atoms with Crippen LogP contribution in [0, 0.1) is 5.92 Å². The first-order valence-electron chi connectivity index (χ1n) is 46.6. The van der Waals surface area contributed by atoms with Crippen LogP contribution in [-0.2, 0) is 65.4 Å². The van der Waals surface area contributed by atoms with Crippen LogP contribution >= 0.6 is 15.6 Å². The molecule has 0 aromatic heterocycles. The minimum atomic E-state index is -4.97. The van der Waals surface area contributed by atoms with Crippen molar-refractivity contribution < 1.29 is 80.2 Å². The Kier molecular flexibility index (Phi) is 81.1. The highest BCUT2D eigenvalue weighted by molar-refractivity contribution is 7.47. The first kappa shape index (κ1) is 107. The number of rotatable bonds is 90. The third kappa shape index (κ3) is 83.8. The molecule has 648 valence electrons. The van der Waals surface area contributed by atoms with Crippen molar-refractivity contribution in [1.29, 1.82) is 0 Å². The van der Waals surface area contributed by atoms with Gasteiger partial charge in [0.1, 0.15) is 19.3 Å². The van der Waals surface area contributed by atoms with E-state index < -0.39 is 97.5 Å². The highest BCUT2D eigenvalue weighted by Crippen LogP contribution is 2.45. The minimum absolute atomic E-state index is 0.108. The van der Waals surface area contributed by atoms with E-state index in [0.29, 0.717) is 25.7 Å². The quantitative estimate of drug-likeness (QED) is 0.0222. The number of aliphatic hydroxyl groups excluding tert-OH is 1. The summed E-state index contributed by atoms with van der Waals surface area (Å²) in [6.45, 7) is 7.37. The van der Waals surface area contributed by atoms with E-state index in [2.05, 4.69) is 34.6 Å². The summed E-state index contributed by atoms with van der Waals surface area (Å²) in [5.74, 6) is -1.35. The van der Waals surface area contributed by atoms with E-state index in [0.717, 1.165) is 95.8 Å². The molecule has 0 radical (unpaired) electrons. The number of ether oxygens (including phenoxy) is 4. The molecule has 109 heavy (non-hydrogen) atoms. The Labute approximate surface area is 670 Å². The van der Waals surface area contributed by atoms with Gasteiger partial charge in [-0.2, -0.15) is 0 Å². The second-order valence-corrected chi connectivity index (χ2v) is 35.7. The number of phosphoric ester groups is 2. The summed E-state index contributed by atoms with van der Waals surface area (Å²) in [4.78, 5) is 73.4. The van der Waals surface area contributed by atoms with E-state index in [1.807, 2.05) is 0 Å². The predicted molar refractivity (Wildman–Crippen MR) is 451 cm³/mol. The summed E-state index contributed by atoms with van der Waals surface area (Å²) in [5, 5.41) is 10.7. The van der Waals surface area contributed by atoms with Gasteiger partial charge < -0.3 is 33.8 Å². The van der Waals surface area contributed by atoms with Gasteiger partial charge in [0.15, 0.2) is 12.2 Å². The number of hydrogen-bond acceptors (Lipinski definition) is 15. The predicted octanol–water partition coefficient (Wildman–Crippen LogP) is 27.9. The molecule has 19 heteroatoms. The molecule has 3 N–H and O–H groups in total. The van der Waals surface area contributed by atoms with Gasteiger partial charge >= 0.3 is 39.5 Å².